The maximum Gasteiger partial charge on any atom is 0.251 e. The van der Waals surface area contributed by atoms with Gasteiger partial charge in [-0.3, -0.25) is 9.59 Å². The zero-order chi connectivity index (χ0) is 29.4. The van der Waals surface area contributed by atoms with Gasteiger partial charge < -0.3 is 30.1 Å². The molecule has 1 aliphatic carbocycles. The van der Waals surface area contributed by atoms with Gasteiger partial charge in [-0.25, -0.2) is 4.98 Å². The van der Waals surface area contributed by atoms with Crippen molar-refractivity contribution >= 4 is 35.0 Å². The van der Waals surface area contributed by atoms with Crippen LogP contribution in [-0.4, -0.2) is 79.6 Å². The number of hydrogen-bond donors (Lipinski definition) is 2. The molecule has 1 aromatic heterocycles. The lowest BCUT2D eigenvalue weighted by Crippen LogP contribution is -2.43. The first kappa shape index (κ1) is 30.6. The number of carbonyl (C=O) groups excluding carboxylic acids is 2. The minimum atomic E-state index is -0.0967. The lowest BCUT2D eigenvalue weighted by molar-refractivity contribution is -0.118. The summed E-state index contributed by atoms with van der Waals surface area (Å²) in [6.07, 6.45) is 11.3. The molecule has 0 unspecified atom stereocenters. The van der Waals surface area contributed by atoms with E-state index in [1.54, 1.807) is 37.4 Å². The number of fused-ring (bicyclic) bond motifs is 1. The van der Waals surface area contributed by atoms with Crippen LogP contribution in [0.4, 0.5) is 23.1 Å². The number of methoxy groups -OCH3 is 1. The number of nitrogens with one attached hydrogen (secondary N) is 2. The molecule has 0 radical (unpaired) electrons. The number of hydrogen-bond acceptors (Lipinski definition) is 8. The Bertz CT molecular complexity index is 1170. The van der Waals surface area contributed by atoms with Gasteiger partial charge in [0.25, 0.3) is 5.91 Å². The first-order valence-corrected chi connectivity index (χ1v) is 15.2. The van der Waals surface area contributed by atoms with E-state index in [2.05, 4.69) is 46.3 Å². The summed E-state index contributed by atoms with van der Waals surface area (Å²) in [5.41, 5.74) is 1.95. The van der Waals surface area contributed by atoms with Crippen molar-refractivity contribution in [3.63, 3.8) is 0 Å². The normalized spacial score (nSPS) is 18.3. The summed E-state index contributed by atoms with van der Waals surface area (Å²) in [6, 6.07) is 5.93. The molecule has 2 N–H and O–H groups in total. The number of piperidine rings is 1. The third-order valence-corrected chi connectivity index (χ3v) is 8.35. The molecule has 2 aliphatic heterocycles. The van der Waals surface area contributed by atoms with Crippen molar-refractivity contribution in [2.75, 3.05) is 56.0 Å². The van der Waals surface area contributed by atoms with Crippen LogP contribution in [0, 0.1) is 0 Å². The molecule has 5 rings (SSSR count). The highest BCUT2D eigenvalue weighted by atomic mass is 16.5. The van der Waals surface area contributed by atoms with Crippen molar-refractivity contribution in [1.29, 1.82) is 0 Å². The lowest BCUT2D eigenvalue weighted by Gasteiger charge is -2.30. The predicted molar refractivity (Wildman–Crippen MR) is 165 cm³/mol. The summed E-state index contributed by atoms with van der Waals surface area (Å²) in [5.74, 6) is 1.72. The molecule has 1 aromatic carbocycles. The van der Waals surface area contributed by atoms with Crippen LogP contribution in [0.5, 0.6) is 5.75 Å². The number of benzene rings is 1. The minimum Gasteiger partial charge on any atom is -0.495 e. The fraction of sp³-hybridized carbons (Fsp3) is 0.613. The number of rotatable bonds is 7. The van der Waals surface area contributed by atoms with Crippen LogP contribution in [0.15, 0.2) is 24.4 Å². The molecule has 1 saturated carbocycles. The van der Waals surface area contributed by atoms with E-state index >= 15 is 0 Å². The molecular weight excluding hydrogens is 518 g/mol. The molecule has 41 heavy (non-hydrogen) atoms. The fourth-order valence-electron chi connectivity index (χ4n) is 5.55. The number of ether oxygens (including phenoxy) is 1. The smallest absolute Gasteiger partial charge is 0.251 e. The Balaban J connectivity index is 0.000000909. The molecule has 1 saturated heterocycles. The van der Waals surface area contributed by atoms with Crippen LogP contribution in [0.3, 0.4) is 0 Å². The van der Waals surface area contributed by atoms with Gasteiger partial charge in [0.1, 0.15) is 11.4 Å². The van der Waals surface area contributed by atoms with Crippen LogP contribution in [0.2, 0.25) is 0 Å². The molecule has 10 nitrogen and oxygen atoms in total. The van der Waals surface area contributed by atoms with Crippen LogP contribution in [-0.2, 0) is 4.79 Å². The van der Waals surface area contributed by atoms with Gasteiger partial charge in [-0.1, -0.05) is 39.5 Å². The molecule has 2 amide bonds. The molecule has 10 heteroatoms. The Morgan fingerprint density at radius 3 is 2.41 bits per heavy atom. The summed E-state index contributed by atoms with van der Waals surface area (Å²) < 4.78 is 5.61. The highest BCUT2D eigenvalue weighted by molar-refractivity contribution is 5.97. The largest absolute Gasteiger partial charge is 0.495 e. The van der Waals surface area contributed by atoms with E-state index in [0.717, 1.165) is 50.3 Å². The van der Waals surface area contributed by atoms with Gasteiger partial charge in [0.2, 0.25) is 11.9 Å². The Labute approximate surface area is 244 Å². The number of anilines is 4. The molecule has 3 aliphatic rings. The van der Waals surface area contributed by atoms with Crippen LogP contribution in [0.1, 0.15) is 82.0 Å². The number of likely N-dealkylation sites (tertiary alicyclic amines) is 1. The summed E-state index contributed by atoms with van der Waals surface area (Å²) >= 11 is 0. The highest BCUT2D eigenvalue weighted by Crippen LogP contribution is 2.37. The highest BCUT2D eigenvalue weighted by Gasteiger charge is 2.31. The third kappa shape index (κ3) is 7.67. The Hall–Kier alpha value is -3.40. The Kier molecular flexibility index (Phi) is 10.8. The van der Waals surface area contributed by atoms with Gasteiger partial charge >= 0.3 is 0 Å². The van der Waals surface area contributed by atoms with Crippen LogP contribution < -0.4 is 25.2 Å². The van der Waals surface area contributed by atoms with E-state index in [1.165, 1.54) is 25.7 Å². The number of nitrogens with zero attached hydrogens (tertiary/aromatic N) is 5. The van der Waals surface area contributed by atoms with Crippen molar-refractivity contribution in [3.8, 4) is 5.75 Å². The summed E-state index contributed by atoms with van der Waals surface area (Å²) in [4.78, 5) is 41.1. The average molecular weight is 566 g/mol. The van der Waals surface area contributed by atoms with Gasteiger partial charge in [-0.05, 0) is 64.0 Å². The Morgan fingerprint density at radius 2 is 1.76 bits per heavy atom. The third-order valence-electron chi connectivity index (χ3n) is 8.35. The molecule has 3 heterocycles. The molecular formula is C31H47N7O3. The molecule has 2 aromatic rings. The second kappa shape index (κ2) is 14.5. The van der Waals surface area contributed by atoms with E-state index in [9.17, 15) is 9.59 Å². The first-order chi connectivity index (χ1) is 19.8. The maximum absolute atomic E-state index is 12.9. The van der Waals surface area contributed by atoms with Gasteiger partial charge in [0.05, 0.1) is 19.0 Å². The fourth-order valence-corrected chi connectivity index (χ4v) is 5.55. The number of amides is 2. The number of unbranched alkanes of at least 4 members (excludes halogenated alkanes) is 1. The summed E-state index contributed by atoms with van der Waals surface area (Å²) in [6.45, 7) is 6.99. The second-order valence-corrected chi connectivity index (χ2v) is 11.3. The van der Waals surface area contributed by atoms with E-state index in [4.69, 9.17) is 9.72 Å². The van der Waals surface area contributed by atoms with E-state index < -0.39 is 0 Å². The standard InChI is InChI=1S/C27H37N7O3.C4H10/c1-32-13-10-19(11-14-32)29-26(36)18-8-9-21(23(16-18)37-3)30-27-28-17-22-25(31-27)34(20-6-4-5-7-20)15-12-24(35)33(22)2;1-3-4-2/h8-9,16-17,19-20H,4-7,10-15H2,1-3H3,(H,29,36)(H,28,30,31);3-4H2,1-2H3. The lowest BCUT2D eigenvalue weighted by atomic mass is 10.0. The maximum atomic E-state index is 12.9. The van der Waals surface area contributed by atoms with Gasteiger partial charge in [-0.15, -0.1) is 0 Å². The van der Waals surface area contributed by atoms with E-state index in [0.29, 0.717) is 42.0 Å². The van der Waals surface area contributed by atoms with Crippen molar-refractivity contribution < 1.29 is 14.3 Å². The van der Waals surface area contributed by atoms with Gasteiger partial charge in [0, 0.05) is 37.7 Å². The SMILES string of the molecule is CCCC.COc1cc(C(=O)NC2CCN(C)CC2)ccc1Nc1ncc2c(n1)N(C1CCCC1)CCC(=O)N2C. The van der Waals surface area contributed by atoms with Gasteiger partial charge in [-0.2, -0.15) is 4.98 Å². The van der Waals surface area contributed by atoms with Crippen molar-refractivity contribution in [2.45, 2.75) is 83.7 Å². The van der Waals surface area contributed by atoms with Crippen molar-refractivity contribution in [1.82, 2.24) is 20.2 Å². The number of carbonyl (C=O) groups is 2. The molecule has 0 atom stereocenters. The average Bonchev–Trinajstić information content (AvgIpc) is 3.49. The zero-order valence-electron chi connectivity index (χ0n) is 25.4. The monoisotopic (exact) mass is 565 g/mol. The molecule has 0 spiro atoms. The van der Waals surface area contributed by atoms with E-state index in [1.807, 2.05) is 6.07 Å². The molecule has 2 fully saturated rings. The predicted octanol–water partition coefficient (Wildman–Crippen LogP) is 4.97. The summed E-state index contributed by atoms with van der Waals surface area (Å²) in [7, 11) is 5.47. The molecule has 224 valence electrons. The quantitative estimate of drug-likeness (QED) is 0.485. The first-order valence-electron chi connectivity index (χ1n) is 15.2. The molecule has 0 bridgehead atoms. The summed E-state index contributed by atoms with van der Waals surface area (Å²) in [5, 5.41) is 6.42. The van der Waals surface area contributed by atoms with Crippen molar-refractivity contribution in [2.24, 2.45) is 0 Å². The van der Waals surface area contributed by atoms with Crippen molar-refractivity contribution in [3.05, 3.63) is 30.0 Å². The second-order valence-electron chi connectivity index (χ2n) is 11.3. The number of aromatic nitrogens is 2. The van der Waals surface area contributed by atoms with Crippen LogP contribution >= 0.6 is 0 Å². The zero-order valence-corrected chi connectivity index (χ0v) is 25.4. The van der Waals surface area contributed by atoms with E-state index in [-0.39, 0.29) is 17.9 Å². The van der Waals surface area contributed by atoms with Gasteiger partial charge in [0.15, 0.2) is 5.82 Å². The minimum absolute atomic E-state index is 0.0711. The topological polar surface area (TPSA) is 103 Å². The Morgan fingerprint density at radius 1 is 1.05 bits per heavy atom. The van der Waals surface area contributed by atoms with Crippen LogP contribution in [0.25, 0.3) is 0 Å².